The molecule has 0 saturated carbocycles. The van der Waals surface area contributed by atoms with Gasteiger partial charge in [-0.15, -0.1) is 0 Å². The fourth-order valence-electron chi connectivity index (χ4n) is 1.98. The number of halogens is 1. The van der Waals surface area contributed by atoms with Gasteiger partial charge in [0.25, 0.3) is 0 Å². The number of benzene rings is 1. The average Bonchev–Trinajstić information content (AvgIpc) is 2.28. The summed E-state index contributed by atoms with van der Waals surface area (Å²) in [5.41, 5.74) is 2.72. The molecule has 16 heavy (non-hydrogen) atoms. The molecule has 1 rings (SSSR count). The van der Waals surface area contributed by atoms with E-state index in [1.165, 1.54) is 41.3 Å². The molecule has 2 heteroatoms. The van der Waals surface area contributed by atoms with Crippen LogP contribution in [0.5, 0.6) is 0 Å². The third-order valence-electron chi connectivity index (χ3n) is 2.97. The summed E-state index contributed by atoms with van der Waals surface area (Å²) < 4.78 is 1.22. The van der Waals surface area contributed by atoms with Crippen molar-refractivity contribution in [3.63, 3.8) is 0 Å². The second-order valence-electron chi connectivity index (χ2n) is 4.36. The number of nitrogens with one attached hydrogen (secondary N) is 1. The minimum Gasteiger partial charge on any atom is -0.313 e. The minimum atomic E-state index is 0.473. The number of hydrogen-bond donors (Lipinski definition) is 1. The van der Waals surface area contributed by atoms with E-state index in [1.807, 2.05) is 7.05 Å². The Labute approximate surface area is 108 Å². The number of aryl methyl sites for hydroxylation is 1. The van der Waals surface area contributed by atoms with Crippen molar-refractivity contribution in [3.05, 3.63) is 33.8 Å². The lowest BCUT2D eigenvalue weighted by Crippen LogP contribution is -2.16. The first-order chi connectivity index (χ1) is 7.69. The van der Waals surface area contributed by atoms with Crippen molar-refractivity contribution in [1.29, 1.82) is 0 Å². The van der Waals surface area contributed by atoms with Crippen molar-refractivity contribution in [2.75, 3.05) is 7.05 Å². The van der Waals surface area contributed by atoms with Crippen LogP contribution in [0.1, 0.15) is 49.8 Å². The van der Waals surface area contributed by atoms with Crippen molar-refractivity contribution < 1.29 is 0 Å². The number of hydrogen-bond acceptors (Lipinski definition) is 1. The van der Waals surface area contributed by atoms with E-state index in [4.69, 9.17) is 0 Å². The SMILES string of the molecule is CCCCCC(NC)c1cc(C)ccc1Br. The van der Waals surface area contributed by atoms with E-state index < -0.39 is 0 Å². The fraction of sp³-hybridized carbons (Fsp3) is 0.571. The normalized spacial score (nSPS) is 12.8. The third kappa shape index (κ3) is 3.91. The van der Waals surface area contributed by atoms with E-state index >= 15 is 0 Å². The van der Waals surface area contributed by atoms with E-state index in [0.29, 0.717) is 6.04 Å². The van der Waals surface area contributed by atoms with Crippen LogP contribution in [0.15, 0.2) is 22.7 Å². The predicted octanol–water partition coefficient (Wildman–Crippen LogP) is 4.60. The first kappa shape index (κ1) is 13.7. The molecule has 0 amide bonds. The smallest absolute Gasteiger partial charge is 0.0328 e. The zero-order valence-corrected chi connectivity index (χ0v) is 12.1. The van der Waals surface area contributed by atoms with Crippen molar-refractivity contribution in [1.82, 2.24) is 5.32 Å². The molecule has 0 aromatic heterocycles. The van der Waals surface area contributed by atoms with Gasteiger partial charge in [0, 0.05) is 10.5 Å². The lowest BCUT2D eigenvalue weighted by atomic mass is 9.99. The maximum Gasteiger partial charge on any atom is 0.0328 e. The number of unbranched alkanes of at least 4 members (excludes halogenated alkanes) is 2. The molecule has 0 heterocycles. The lowest BCUT2D eigenvalue weighted by molar-refractivity contribution is 0.510. The van der Waals surface area contributed by atoms with Crippen LogP contribution >= 0.6 is 15.9 Å². The molecule has 0 radical (unpaired) electrons. The van der Waals surface area contributed by atoms with Crippen molar-refractivity contribution in [2.24, 2.45) is 0 Å². The summed E-state index contributed by atoms with van der Waals surface area (Å²) in [6, 6.07) is 7.04. The number of rotatable bonds is 6. The Morgan fingerprint density at radius 3 is 2.69 bits per heavy atom. The maximum atomic E-state index is 3.64. The minimum absolute atomic E-state index is 0.473. The Bertz CT molecular complexity index is 323. The lowest BCUT2D eigenvalue weighted by Gasteiger charge is -2.18. The molecule has 0 aliphatic carbocycles. The van der Waals surface area contributed by atoms with Gasteiger partial charge in [0.1, 0.15) is 0 Å². The summed E-state index contributed by atoms with van der Waals surface area (Å²) in [5.74, 6) is 0. The van der Waals surface area contributed by atoms with Gasteiger partial charge < -0.3 is 5.32 Å². The molecular weight excluding hydrogens is 262 g/mol. The molecular formula is C14H22BrN. The Balaban J connectivity index is 2.73. The van der Waals surface area contributed by atoms with Crippen molar-refractivity contribution >= 4 is 15.9 Å². The standard InChI is InChI=1S/C14H22BrN/c1-4-5-6-7-14(16-3)12-10-11(2)8-9-13(12)15/h8-10,14,16H,4-7H2,1-3H3. The molecule has 1 nitrogen and oxygen atoms in total. The summed E-state index contributed by atoms with van der Waals surface area (Å²) in [6.45, 7) is 4.39. The molecule has 1 aromatic rings. The highest BCUT2D eigenvalue weighted by atomic mass is 79.9. The highest BCUT2D eigenvalue weighted by Gasteiger charge is 2.11. The largest absolute Gasteiger partial charge is 0.313 e. The second-order valence-corrected chi connectivity index (χ2v) is 5.22. The van der Waals surface area contributed by atoms with Crippen LogP contribution in [-0.4, -0.2) is 7.05 Å². The van der Waals surface area contributed by atoms with Gasteiger partial charge in [-0.05, 0) is 32.0 Å². The Kier molecular flexibility index (Phi) is 6.07. The van der Waals surface area contributed by atoms with Crippen molar-refractivity contribution in [2.45, 2.75) is 45.6 Å². The van der Waals surface area contributed by atoms with Crippen LogP contribution in [0.2, 0.25) is 0 Å². The first-order valence-electron chi connectivity index (χ1n) is 6.12. The van der Waals surface area contributed by atoms with E-state index in [0.717, 1.165) is 0 Å². The van der Waals surface area contributed by atoms with Gasteiger partial charge in [0.2, 0.25) is 0 Å². The van der Waals surface area contributed by atoms with Gasteiger partial charge >= 0.3 is 0 Å². The molecule has 1 N–H and O–H groups in total. The van der Waals surface area contributed by atoms with Gasteiger partial charge in [0.15, 0.2) is 0 Å². The molecule has 0 saturated heterocycles. The van der Waals surface area contributed by atoms with Gasteiger partial charge in [0.05, 0.1) is 0 Å². The quantitative estimate of drug-likeness (QED) is 0.753. The van der Waals surface area contributed by atoms with E-state index in [-0.39, 0.29) is 0 Å². The molecule has 90 valence electrons. The molecule has 0 bridgehead atoms. The van der Waals surface area contributed by atoms with Crippen LogP contribution in [0.4, 0.5) is 0 Å². The van der Waals surface area contributed by atoms with Crippen LogP contribution in [0.25, 0.3) is 0 Å². The highest BCUT2D eigenvalue weighted by molar-refractivity contribution is 9.10. The van der Waals surface area contributed by atoms with Crippen LogP contribution in [0, 0.1) is 6.92 Å². The summed E-state index contributed by atoms with van der Waals surface area (Å²) in [4.78, 5) is 0. The molecule has 0 spiro atoms. The summed E-state index contributed by atoms with van der Waals surface area (Å²) >= 11 is 3.64. The maximum absolute atomic E-state index is 3.64. The molecule has 1 aromatic carbocycles. The second kappa shape index (κ2) is 7.08. The van der Waals surface area contributed by atoms with E-state index in [1.54, 1.807) is 0 Å². The summed E-state index contributed by atoms with van der Waals surface area (Å²) in [6.07, 6.45) is 5.11. The van der Waals surface area contributed by atoms with Crippen LogP contribution < -0.4 is 5.32 Å². The third-order valence-corrected chi connectivity index (χ3v) is 3.69. The topological polar surface area (TPSA) is 12.0 Å². The first-order valence-corrected chi connectivity index (χ1v) is 6.91. The Morgan fingerprint density at radius 2 is 2.06 bits per heavy atom. The highest BCUT2D eigenvalue weighted by Crippen LogP contribution is 2.27. The van der Waals surface area contributed by atoms with Crippen LogP contribution in [0.3, 0.4) is 0 Å². The van der Waals surface area contributed by atoms with E-state index in [2.05, 4.69) is 53.3 Å². The monoisotopic (exact) mass is 283 g/mol. The van der Waals surface area contributed by atoms with Gasteiger partial charge in [-0.2, -0.15) is 0 Å². The predicted molar refractivity (Wildman–Crippen MR) is 74.8 cm³/mol. The van der Waals surface area contributed by atoms with E-state index in [9.17, 15) is 0 Å². The molecule has 0 fully saturated rings. The zero-order chi connectivity index (χ0) is 12.0. The summed E-state index contributed by atoms with van der Waals surface area (Å²) in [7, 11) is 2.05. The molecule has 1 unspecified atom stereocenters. The molecule has 0 aliphatic rings. The summed E-state index contributed by atoms with van der Waals surface area (Å²) in [5, 5.41) is 3.42. The van der Waals surface area contributed by atoms with Gasteiger partial charge in [-0.1, -0.05) is 59.8 Å². The van der Waals surface area contributed by atoms with Gasteiger partial charge in [-0.25, -0.2) is 0 Å². The average molecular weight is 284 g/mol. The van der Waals surface area contributed by atoms with Crippen LogP contribution in [-0.2, 0) is 0 Å². The Morgan fingerprint density at radius 1 is 1.31 bits per heavy atom. The fourth-order valence-corrected chi connectivity index (χ4v) is 2.51. The molecule has 0 aliphatic heterocycles. The Hall–Kier alpha value is -0.340. The molecule has 1 atom stereocenters. The zero-order valence-electron chi connectivity index (χ0n) is 10.5. The van der Waals surface area contributed by atoms with Gasteiger partial charge in [-0.3, -0.25) is 0 Å². The van der Waals surface area contributed by atoms with Crippen molar-refractivity contribution in [3.8, 4) is 0 Å².